The zero-order valence-corrected chi connectivity index (χ0v) is 15.5. The van der Waals surface area contributed by atoms with Gasteiger partial charge in [-0.3, -0.25) is 0 Å². The van der Waals surface area contributed by atoms with E-state index in [1.165, 1.54) is 3.57 Å². The van der Waals surface area contributed by atoms with Crippen LogP contribution in [0.1, 0.15) is 17.2 Å². The fourth-order valence-corrected chi connectivity index (χ4v) is 3.38. The van der Waals surface area contributed by atoms with Crippen molar-refractivity contribution in [2.75, 3.05) is 7.11 Å². The molecule has 2 nitrogen and oxygen atoms in total. The summed E-state index contributed by atoms with van der Waals surface area (Å²) in [6, 6.07) is 11.9. The van der Waals surface area contributed by atoms with Crippen LogP contribution >= 0.6 is 54.5 Å². The molecule has 0 radical (unpaired) electrons. The monoisotopic (exact) mass is 495 g/mol. The first-order valence-electron chi connectivity index (χ1n) is 5.57. The number of halogens is 3. The van der Waals surface area contributed by atoms with Crippen molar-refractivity contribution < 1.29 is 4.74 Å². The van der Waals surface area contributed by atoms with Crippen LogP contribution in [0.2, 0.25) is 0 Å². The van der Waals surface area contributed by atoms with E-state index >= 15 is 0 Å². The van der Waals surface area contributed by atoms with Gasteiger partial charge >= 0.3 is 0 Å². The first kappa shape index (κ1) is 15.3. The number of rotatable bonds is 3. The highest BCUT2D eigenvalue weighted by atomic mass is 127. The Morgan fingerprint density at radius 1 is 1.11 bits per heavy atom. The summed E-state index contributed by atoms with van der Waals surface area (Å²) in [6.45, 7) is 0. The highest BCUT2D eigenvalue weighted by Crippen LogP contribution is 2.32. The van der Waals surface area contributed by atoms with Crippen LogP contribution < -0.4 is 10.5 Å². The molecule has 0 heterocycles. The van der Waals surface area contributed by atoms with Gasteiger partial charge in [0, 0.05) is 8.04 Å². The van der Waals surface area contributed by atoms with E-state index in [1.807, 2.05) is 30.3 Å². The molecule has 0 saturated carbocycles. The smallest absolute Gasteiger partial charge is 0.133 e. The number of hydrogen-bond acceptors (Lipinski definition) is 2. The molecule has 2 N–H and O–H groups in total. The van der Waals surface area contributed by atoms with Crippen LogP contribution in [0.15, 0.2) is 45.3 Å². The van der Waals surface area contributed by atoms with Gasteiger partial charge < -0.3 is 10.5 Å². The lowest BCUT2D eigenvalue weighted by atomic mass is 10.00. The molecule has 1 unspecified atom stereocenters. The molecule has 0 aromatic heterocycles. The summed E-state index contributed by atoms with van der Waals surface area (Å²) in [6.07, 6.45) is 0. The first-order chi connectivity index (χ1) is 9.02. The van der Waals surface area contributed by atoms with Crippen molar-refractivity contribution >= 4 is 54.5 Å². The molecule has 0 saturated heterocycles. The second-order valence-electron chi connectivity index (χ2n) is 4.04. The summed E-state index contributed by atoms with van der Waals surface area (Å²) in [5.74, 6) is 0.803. The minimum atomic E-state index is -0.175. The average Bonchev–Trinajstić information content (AvgIpc) is 2.40. The normalized spacial score (nSPS) is 12.3. The lowest BCUT2D eigenvalue weighted by molar-refractivity contribution is 0.412. The zero-order valence-electron chi connectivity index (χ0n) is 10.2. The van der Waals surface area contributed by atoms with Crippen LogP contribution in [0.25, 0.3) is 0 Å². The molecule has 19 heavy (non-hydrogen) atoms. The molecule has 0 aliphatic rings. The summed E-state index contributed by atoms with van der Waals surface area (Å²) < 4.78 is 8.32. The second kappa shape index (κ2) is 6.56. The van der Waals surface area contributed by atoms with Crippen molar-refractivity contribution in [1.29, 1.82) is 0 Å². The van der Waals surface area contributed by atoms with Crippen molar-refractivity contribution in [3.63, 3.8) is 0 Å². The number of ether oxygens (including phenoxy) is 1. The van der Waals surface area contributed by atoms with Gasteiger partial charge in [-0.15, -0.1) is 0 Å². The third-order valence-electron chi connectivity index (χ3n) is 2.83. The first-order valence-corrected chi connectivity index (χ1v) is 8.23. The lowest BCUT2D eigenvalue weighted by Crippen LogP contribution is -2.12. The fourth-order valence-electron chi connectivity index (χ4n) is 1.81. The third kappa shape index (κ3) is 3.51. The number of methoxy groups -OCH3 is 1. The van der Waals surface area contributed by atoms with Gasteiger partial charge in [0.15, 0.2) is 0 Å². The van der Waals surface area contributed by atoms with E-state index in [0.29, 0.717) is 0 Å². The maximum Gasteiger partial charge on any atom is 0.133 e. The molecule has 0 fully saturated rings. The topological polar surface area (TPSA) is 35.2 Å². The van der Waals surface area contributed by atoms with Crippen LogP contribution in [0.3, 0.4) is 0 Å². The summed E-state index contributed by atoms with van der Waals surface area (Å²) in [4.78, 5) is 0. The molecule has 0 amide bonds. The van der Waals surface area contributed by atoms with Crippen LogP contribution in [0.4, 0.5) is 0 Å². The summed E-state index contributed by atoms with van der Waals surface area (Å²) in [5, 5.41) is 0. The molecule has 5 heteroatoms. The number of hydrogen-bond donors (Lipinski definition) is 1. The largest absolute Gasteiger partial charge is 0.496 e. The van der Waals surface area contributed by atoms with Gasteiger partial charge in [0.1, 0.15) is 5.75 Å². The Hall–Kier alpha value is -0.110. The van der Waals surface area contributed by atoms with Crippen molar-refractivity contribution in [2.45, 2.75) is 6.04 Å². The lowest BCUT2D eigenvalue weighted by Gasteiger charge is -2.16. The minimum absolute atomic E-state index is 0.175. The maximum atomic E-state index is 6.35. The number of benzene rings is 2. The van der Waals surface area contributed by atoms with Crippen molar-refractivity contribution in [2.24, 2.45) is 5.73 Å². The summed E-state index contributed by atoms with van der Waals surface area (Å²) in [7, 11) is 1.65. The van der Waals surface area contributed by atoms with Gasteiger partial charge in [0.05, 0.1) is 17.6 Å². The maximum absolute atomic E-state index is 6.35. The van der Waals surface area contributed by atoms with E-state index in [4.69, 9.17) is 10.5 Å². The number of nitrogens with two attached hydrogens (primary N) is 1. The van der Waals surface area contributed by atoms with Crippen molar-refractivity contribution in [3.8, 4) is 5.75 Å². The van der Waals surface area contributed by atoms with Gasteiger partial charge in [0.2, 0.25) is 0 Å². The third-order valence-corrected chi connectivity index (χ3v) is 4.84. The molecule has 100 valence electrons. The molecular weight excluding hydrogens is 485 g/mol. The molecule has 1 atom stereocenters. The summed E-state index contributed by atoms with van der Waals surface area (Å²) >= 11 is 9.33. The minimum Gasteiger partial charge on any atom is -0.496 e. The molecular formula is C14H12Br2INO. The Morgan fingerprint density at radius 3 is 2.47 bits per heavy atom. The van der Waals surface area contributed by atoms with E-state index < -0.39 is 0 Å². The van der Waals surface area contributed by atoms with E-state index in [2.05, 4.69) is 60.5 Å². The van der Waals surface area contributed by atoms with E-state index in [1.54, 1.807) is 7.11 Å². The second-order valence-corrected chi connectivity index (χ2v) is 6.99. The predicted octanol–water partition coefficient (Wildman–Crippen LogP) is 4.87. The van der Waals surface area contributed by atoms with Gasteiger partial charge in [-0.1, -0.05) is 22.0 Å². The molecule has 0 spiro atoms. The van der Waals surface area contributed by atoms with Crippen LogP contribution in [-0.4, -0.2) is 7.11 Å². The van der Waals surface area contributed by atoms with Crippen molar-refractivity contribution in [1.82, 2.24) is 0 Å². The van der Waals surface area contributed by atoms with Gasteiger partial charge in [-0.25, -0.2) is 0 Å². The highest BCUT2D eigenvalue weighted by Gasteiger charge is 2.14. The fraction of sp³-hybridized carbons (Fsp3) is 0.143. The van der Waals surface area contributed by atoms with Gasteiger partial charge in [-0.05, 0) is 80.0 Å². The Bertz CT molecular complexity index is 604. The molecule has 2 rings (SSSR count). The SMILES string of the molecule is COc1ccc(C(N)c2cc(I)ccc2Br)cc1Br. The highest BCUT2D eigenvalue weighted by molar-refractivity contribution is 14.1. The van der Waals surface area contributed by atoms with Gasteiger partial charge in [0.25, 0.3) is 0 Å². The molecule has 0 aliphatic carbocycles. The Balaban J connectivity index is 2.41. The Morgan fingerprint density at radius 2 is 1.84 bits per heavy atom. The van der Waals surface area contributed by atoms with Crippen LogP contribution in [-0.2, 0) is 0 Å². The average molecular weight is 497 g/mol. The van der Waals surface area contributed by atoms with Crippen LogP contribution in [0, 0.1) is 3.57 Å². The summed E-state index contributed by atoms with van der Waals surface area (Å²) in [5.41, 5.74) is 8.46. The quantitative estimate of drug-likeness (QED) is 0.615. The predicted molar refractivity (Wildman–Crippen MR) is 93.6 cm³/mol. The molecule has 0 aliphatic heterocycles. The van der Waals surface area contributed by atoms with Crippen LogP contribution in [0.5, 0.6) is 5.75 Å². The van der Waals surface area contributed by atoms with Gasteiger partial charge in [-0.2, -0.15) is 0 Å². The molecule has 0 bridgehead atoms. The van der Waals surface area contributed by atoms with Crippen molar-refractivity contribution in [3.05, 3.63) is 60.0 Å². The van der Waals surface area contributed by atoms with E-state index in [0.717, 1.165) is 25.8 Å². The Kier molecular flexibility index (Phi) is 5.28. The molecule has 2 aromatic rings. The van der Waals surface area contributed by atoms with E-state index in [-0.39, 0.29) is 6.04 Å². The zero-order chi connectivity index (χ0) is 14.0. The van der Waals surface area contributed by atoms with E-state index in [9.17, 15) is 0 Å². The molecule has 2 aromatic carbocycles. The standard InChI is InChI=1S/C14H12Br2INO/c1-19-13-5-2-8(6-12(13)16)14(18)10-7-9(17)3-4-11(10)15/h2-7,14H,18H2,1H3. The Labute approximate surface area is 143 Å².